The fourth-order valence-corrected chi connectivity index (χ4v) is 5.09. The Kier molecular flexibility index (Phi) is 18.1. The molecule has 3 rings (SSSR count). The van der Waals surface area contributed by atoms with Crippen LogP contribution in [-0.4, -0.2) is 0 Å². The summed E-state index contributed by atoms with van der Waals surface area (Å²) in [5.74, 6) is 0. The summed E-state index contributed by atoms with van der Waals surface area (Å²) in [7, 11) is 0. The maximum absolute atomic E-state index is 4.30. The molecule has 1 unspecified atom stereocenters. The zero-order valence-corrected chi connectivity index (χ0v) is 25.4. The molecule has 0 heterocycles. The third-order valence-corrected chi connectivity index (χ3v) is 5.89. The summed E-state index contributed by atoms with van der Waals surface area (Å²) in [6.45, 7) is 39.3. The molecular weight excluding hydrogens is 432 g/mol. The van der Waals surface area contributed by atoms with Gasteiger partial charge in [0, 0.05) is 0 Å². The van der Waals surface area contributed by atoms with Gasteiger partial charge in [-0.1, -0.05) is 155 Å². The summed E-state index contributed by atoms with van der Waals surface area (Å²) in [5.41, 5.74) is 10.7. The SMILES string of the molecule is C=CC1=C(/C=C\C)C2(C(C=C)=C1CCC)C(C=C)=C(C(=C)C)c1ccccc12.CC.CC.CC.CC. The molecule has 0 fully saturated rings. The molecule has 0 saturated carbocycles. The van der Waals surface area contributed by atoms with E-state index in [-0.39, 0.29) is 0 Å². The van der Waals surface area contributed by atoms with E-state index in [4.69, 9.17) is 0 Å². The minimum atomic E-state index is -0.394. The van der Waals surface area contributed by atoms with Gasteiger partial charge in [-0.2, -0.15) is 0 Å². The largest absolute Gasteiger partial charge is 0.0987 e. The van der Waals surface area contributed by atoms with E-state index < -0.39 is 5.41 Å². The van der Waals surface area contributed by atoms with Crippen molar-refractivity contribution in [2.45, 2.75) is 94.4 Å². The number of benzene rings is 1. The van der Waals surface area contributed by atoms with Crippen LogP contribution in [0.5, 0.6) is 0 Å². The molecule has 1 spiro atoms. The van der Waals surface area contributed by atoms with Crippen LogP contribution >= 0.6 is 0 Å². The molecule has 198 valence electrons. The van der Waals surface area contributed by atoms with Crippen LogP contribution in [0.4, 0.5) is 0 Å². The maximum Gasteiger partial charge on any atom is 0.0721 e. The van der Waals surface area contributed by atoms with Crippen LogP contribution in [0.25, 0.3) is 5.57 Å². The van der Waals surface area contributed by atoms with Crippen molar-refractivity contribution in [3.63, 3.8) is 0 Å². The Hall–Kier alpha value is -2.86. The van der Waals surface area contributed by atoms with E-state index in [0.717, 1.165) is 18.4 Å². The number of hydrogen-bond donors (Lipinski definition) is 0. The van der Waals surface area contributed by atoms with Crippen molar-refractivity contribution >= 4 is 5.57 Å². The lowest BCUT2D eigenvalue weighted by atomic mass is 9.67. The molecule has 0 radical (unpaired) electrons. The van der Waals surface area contributed by atoms with E-state index in [2.05, 4.69) is 83.5 Å². The lowest BCUT2D eigenvalue weighted by molar-refractivity contribution is 0.766. The van der Waals surface area contributed by atoms with E-state index >= 15 is 0 Å². The summed E-state index contributed by atoms with van der Waals surface area (Å²) in [6.07, 6.45) is 12.5. The van der Waals surface area contributed by atoms with E-state index in [0.29, 0.717) is 0 Å². The molecule has 0 aliphatic heterocycles. The number of fused-ring (bicyclic) bond motifs is 2. The second-order valence-electron chi connectivity index (χ2n) is 7.45. The second-order valence-corrected chi connectivity index (χ2v) is 7.45. The Morgan fingerprint density at radius 2 is 1.33 bits per heavy atom. The predicted molar refractivity (Wildman–Crippen MR) is 170 cm³/mol. The zero-order valence-electron chi connectivity index (χ0n) is 25.4. The first kappa shape index (κ1) is 35.3. The van der Waals surface area contributed by atoms with Gasteiger partial charge in [-0.3, -0.25) is 0 Å². The first-order valence-electron chi connectivity index (χ1n) is 14.0. The van der Waals surface area contributed by atoms with Crippen molar-refractivity contribution in [3.8, 4) is 0 Å². The fourth-order valence-electron chi connectivity index (χ4n) is 5.09. The number of hydrogen-bond acceptors (Lipinski definition) is 0. The molecule has 0 saturated heterocycles. The highest BCUT2D eigenvalue weighted by Crippen LogP contribution is 2.62. The van der Waals surface area contributed by atoms with Gasteiger partial charge in [0.15, 0.2) is 0 Å². The highest BCUT2D eigenvalue weighted by molar-refractivity contribution is 5.96. The molecule has 0 nitrogen and oxygen atoms in total. The van der Waals surface area contributed by atoms with Gasteiger partial charge in [-0.15, -0.1) is 0 Å². The van der Waals surface area contributed by atoms with E-state index in [1.807, 2.05) is 73.6 Å². The molecule has 0 amide bonds. The van der Waals surface area contributed by atoms with Crippen LogP contribution in [0.1, 0.15) is 100 Å². The smallest absolute Gasteiger partial charge is 0.0721 e. The van der Waals surface area contributed by atoms with Crippen LogP contribution in [-0.2, 0) is 5.41 Å². The van der Waals surface area contributed by atoms with Gasteiger partial charge in [0.1, 0.15) is 0 Å². The van der Waals surface area contributed by atoms with Gasteiger partial charge < -0.3 is 0 Å². The Balaban J connectivity index is 0. The van der Waals surface area contributed by atoms with Gasteiger partial charge in [-0.25, -0.2) is 0 Å². The van der Waals surface area contributed by atoms with Crippen LogP contribution in [0.3, 0.4) is 0 Å². The van der Waals surface area contributed by atoms with E-state index in [1.54, 1.807) is 0 Å². The van der Waals surface area contributed by atoms with E-state index in [9.17, 15) is 0 Å². The molecule has 0 N–H and O–H groups in total. The van der Waals surface area contributed by atoms with Crippen LogP contribution in [0.15, 0.2) is 114 Å². The number of rotatable bonds is 7. The average Bonchev–Trinajstić information content (AvgIpc) is 3.38. The lowest BCUT2D eigenvalue weighted by Gasteiger charge is -2.33. The van der Waals surface area contributed by atoms with Crippen LogP contribution in [0, 0.1) is 0 Å². The minimum Gasteiger partial charge on any atom is -0.0987 e. The molecular formula is C36H54. The van der Waals surface area contributed by atoms with Gasteiger partial charge in [0.05, 0.1) is 5.41 Å². The highest BCUT2D eigenvalue weighted by Gasteiger charge is 2.52. The minimum absolute atomic E-state index is 0.394. The van der Waals surface area contributed by atoms with E-state index in [1.165, 1.54) is 44.6 Å². The molecule has 2 aliphatic carbocycles. The first-order chi connectivity index (χ1) is 17.5. The van der Waals surface area contributed by atoms with Crippen molar-refractivity contribution in [1.82, 2.24) is 0 Å². The van der Waals surface area contributed by atoms with Crippen LogP contribution < -0.4 is 0 Å². The van der Waals surface area contributed by atoms with Crippen molar-refractivity contribution in [1.29, 1.82) is 0 Å². The Morgan fingerprint density at radius 1 is 0.806 bits per heavy atom. The lowest BCUT2D eigenvalue weighted by Crippen LogP contribution is -2.28. The van der Waals surface area contributed by atoms with Crippen molar-refractivity contribution < 1.29 is 0 Å². The summed E-state index contributed by atoms with van der Waals surface area (Å²) in [5, 5.41) is 0. The summed E-state index contributed by atoms with van der Waals surface area (Å²) < 4.78 is 0. The van der Waals surface area contributed by atoms with Gasteiger partial charge >= 0.3 is 0 Å². The van der Waals surface area contributed by atoms with Crippen LogP contribution in [0.2, 0.25) is 0 Å². The zero-order chi connectivity index (χ0) is 28.5. The third kappa shape index (κ3) is 6.09. The molecule has 36 heavy (non-hydrogen) atoms. The normalized spacial score (nSPS) is 17.1. The average molecular weight is 487 g/mol. The summed E-state index contributed by atoms with van der Waals surface area (Å²) >= 11 is 0. The van der Waals surface area contributed by atoms with Crippen molar-refractivity contribution in [2.75, 3.05) is 0 Å². The monoisotopic (exact) mass is 486 g/mol. The molecule has 0 aromatic heterocycles. The van der Waals surface area contributed by atoms with Gasteiger partial charge in [-0.05, 0) is 64.8 Å². The Bertz CT molecular complexity index is 1000. The van der Waals surface area contributed by atoms with Crippen molar-refractivity contribution in [2.24, 2.45) is 0 Å². The van der Waals surface area contributed by atoms with Crippen molar-refractivity contribution in [3.05, 3.63) is 126 Å². The van der Waals surface area contributed by atoms with Gasteiger partial charge in [0.2, 0.25) is 0 Å². The highest BCUT2D eigenvalue weighted by atomic mass is 14.5. The topological polar surface area (TPSA) is 0 Å². The maximum atomic E-state index is 4.30. The Morgan fingerprint density at radius 3 is 1.75 bits per heavy atom. The standard InChI is InChI=1S/C28H30.4C2H6/c1-8-15-21-20(10-3)25(16-9-2)28(23(21)11-4)24(12-5)27(19(6)7)22-17-13-14-18-26(22)28;4*1-2/h9-14,16-18H,3-6,8,15H2,1-2,7H3;4*1-2H3/b16-9-;;;;. The Labute approximate surface area is 225 Å². The summed E-state index contributed by atoms with van der Waals surface area (Å²) in [4.78, 5) is 0. The predicted octanol–water partition coefficient (Wildman–Crippen LogP) is 11.9. The second kappa shape index (κ2) is 18.4. The molecule has 0 heteroatoms. The number of allylic oxidation sites excluding steroid dienone is 12. The first-order valence-corrected chi connectivity index (χ1v) is 14.0. The molecule has 1 atom stereocenters. The molecule has 0 bridgehead atoms. The van der Waals surface area contributed by atoms with Gasteiger partial charge in [0.25, 0.3) is 0 Å². The third-order valence-electron chi connectivity index (χ3n) is 5.89. The molecule has 1 aromatic rings. The molecule has 2 aliphatic rings. The quantitative estimate of drug-likeness (QED) is 0.359. The summed E-state index contributed by atoms with van der Waals surface area (Å²) in [6, 6.07) is 8.69. The molecule has 1 aromatic carbocycles. The fraction of sp³-hybridized carbons (Fsp3) is 0.389.